The fourth-order valence-corrected chi connectivity index (χ4v) is 3.98. The second-order valence-electron chi connectivity index (χ2n) is 6.34. The Morgan fingerprint density at radius 3 is 2.73 bits per heavy atom. The van der Waals surface area contributed by atoms with Crippen molar-refractivity contribution in [1.82, 2.24) is 10.2 Å². The molecule has 0 unspecified atom stereocenters. The topological polar surface area (TPSA) is 90.1 Å². The van der Waals surface area contributed by atoms with Crippen molar-refractivity contribution in [2.45, 2.75) is 57.6 Å². The van der Waals surface area contributed by atoms with Crippen molar-refractivity contribution in [1.29, 1.82) is 0 Å². The van der Waals surface area contributed by atoms with Gasteiger partial charge >= 0.3 is 0 Å². The average Bonchev–Trinajstić information content (AvgIpc) is 2.55. The number of aromatic nitrogens is 2. The molecule has 2 atom stereocenters. The molecular weight excluding hydrogens is 280 g/mol. The van der Waals surface area contributed by atoms with E-state index in [0.717, 1.165) is 13.0 Å². The van der Waals surface area contributed by atoms with Gasteiger partial charge in [-0.25, -0.2) is 0 Å². The Morgan fingerprint density at radius 2 is 2.14 bits per heavy atom. The van der Waals surface area contributed by atoms with Crippen molar-refractivity contribution in [2.24, 2.45) is 11.1 Å². The standard InChI is InChI=1S/C16H24N4O2/c1-2-22-13-10-12(16(13)8-4-3-5-9-16)18-14-7-6-11(15(17)21)19-20-14/h6-7,12-13H,2-5,8-10H2,1H3,(H2,17,21)(H,18,20)/t12-,13+/m0/s1. The highest BCUT2D eigenvalue weighted by Crippen LogP contribution is 2.54. The lowest BCUT2D eigenvalue weighted by atomic mass is 9.55. The third-order valence-corrected chi connectivity index (χ3v) is 5.18. The molecule has 2 aliphatic rings. The van der Waals surface area contributed by atoms with Crippen molar-refractivity contribution >= 4 is 11.7 Å². The molecule has 1 aromatic rings. The molecule has 1 amide bonds. The summed E-state index contributed by atoms with van der Waals surface area (Å²) in [7, 11) is 0. The molecule has 0 aliphatic heterocycles. The maximum Gasteiger partial charge on any atom is 0.269 e. The molecule has 6 nitrogen and oxygen atoms in total. The molecule has 0 bridgehead atoms. The minimum Gasteiger partial charge on any atom is -0.378 e. The number of carbonyl (C=O) groups excluding carboxylic acids is 1. The summed E-state index contributed by atoms with van der Waals surface area (Å²) in [5.41, 5.74) is 5.62. The maximum atomic E-state index is 11.0. The Bertz CT molecular complexity index is 525. The monoisotopic (exact) mass is 304 g/mol. The molecule has 3 N–H and O–H groups in total. The first-order valence-electron chi connectivity index (χ1n) is 8.17. The van der Waals surface area contributed by atoms with E-state index in [4.69, 9.17) is 10.5 Å². The van der Waals surface area contributed by atoms with Crippen LogP contribution in [-0.4, -0.2) is 34.9 Å². The maximum absolute atomic E-state index is 11.0. The molecule has 6 heteroatoms. The lowest BCUT2D eigenvalue weighted by Gasteiger charge is -2.57. The normalized spacial score (nSPS) is 26.4. The Morgan fingerprint density at radius 1 is 1.36 bits per heavy atom. The third-order valence-electron chi connectivity index (χ3n) is 5.18. The minimum absolute atomic E-state index is 0.193. The molecule has 1 heterocycles. The zero-order valence-electron chi connectivity index (χ0n) is 13.0. The number of rotatable bonds is 5. The predicted octanol–water partition coefficient (Wildman–Crippen LogP) is 2.12. The molecule has 0 radical (unpaired) electrons. The van der Waals surface area contributed by atoms with Gasteiger partial charge in [0.15, 0.2) is 5.69 Å². The molecule has 1 aromatic heterocycles. The zero-order chi connectivity index (χ0) is 15.6. The van der Waals surface area contributed by atoms with Gasteiger partial charge in [-0.05, 0) is 38.3 Å². The van der Waals surface area contributed by atoms with Crippen LogP contribution in [0.4, 0.5) is 5.82 Å². The van der Waals surface area contributed by atoms with Crippen LogP contribution in [-0.2, 0) is 4.74 Å². The Kier molecular flexibility index (Phi) is 4.29. The number of primary amides is 1. The highest BCUT2D eigenvalue weighted by molar-refractivity contribution is 5.90. The summed E-state index contributed by atoms with van der Waals surface area (Å²) in [5, 5.41) is 11.4. The van der Waals surface area contributed by atoms with E-state index in [1.54, 1.807) is 12.1 Å². The number of nitrogens with zero attached hydrogens (tertiary/aromatic N) is 2. The van der Waals surface area contributed by atoms with Crippen molar-refractivity contribution in [3.63, 3.8) is 0 Å². The predicted molar refractivity (Wildman–Crippen MR) is 83.5 cm³/mol. The molecule has 3 rings (SSSR count). The van der Waals surface area contributed by atoms with Gasteiger partial charge in [0, 0.05) is 18.1 Å². The van der Waals surface area contributed by atoms with E-state index < -0.39 is 5.91 Å². The van der Waals surface area contributed by atoms with Gasteiger partial charge in [0.05, 0.1) is 6.10 Å². The number of hydrogen-bond acceptors (Lipinski definition) is 5. The average molecular weight is 304 g/mol. The van der Waals surface area contributed by atoms with E-state index >= 15 is 0 Å². The van der Waals surface area contributed by atoms with Crippen LogP contribution in [0.3, 0.4) is 0 Å². The Balaban J connectivity index is 1.70. The summed E-state index contributed by atoms with van der Waals surface area (Å²) >= 11 is 0. The van der Waals surface area contributed by atoms with Gasteiger partial charge in [0.2, 0.25) is 0 Å². The fourth-order valence-electron chi connectivity index (χ4n) is 3.98. The highest BCUT2D eigenvalue weighted by Gasteiger charge is 2.55. The van der Waals surface area contributed by atoms with Crippen LogP contribution >= 0.6 is 0 Å². The van der Waals surface area contributed by atoms with Gasteiger partial charge in [0.1, 0.15) is 5.82 Å². The first kappa shape index (κ1) is 15.2. The number of carbonyl (C=O) groups is 1. The van der Waals surface area contributed by atoms with Crippen LogP contribution in [0.5, 0.6) is 0 Å². The van der Waals surface area contributed by atoms with E-state index in [2.05, 4.69) is 22.4 Å². The molecule has 0 saturated heterocycles. The number of anilines is 1. The zero-order valence-corrected chi connectivity index (χ0v) is 13.0. The molecule has 120 valence electrons. The number of ether oxygens (including phenoxy) is 1. The van der Waals surface area contributed by atoms with E-state index in [-0.39, 0.29) is 11.1 Å². The van der Waals surface area contributed by atoms with E-state index in [9.17, 15) is 4.79 Å². The molecule has 1 spiro atoms. The molecule has 22 heavy (non-hydrogen) atoms. The van der Waals surface area contributed by atoms with Gasteiger partial charge in [-0.1, -0.05) is 19.3 Å². The second-order valence-corrected chi connectivity index (χ2v) is 6.34. The van der Waals surface area contributed by atoms with Crippen LogP contribution in [0.2, 0.25) is 0 Å². The summed E-state index contributed by atoms with van der Waals surface area (Å²) in [6.07, 6.45) is 7.65. The Hall–Kier alpha value is -1.69. The van der Waals surface area contributed by atoms with Crippen LogP contribution in [0.25, 0.3) is 0 Å². The van der Waals surface area contributed by atoms with Crippen molar-refractivity contribution < 1.29 is 9.53 Å². The van der Waals surface area contributed by atoms with Gasteiger partial charge in [-0.2, -0.15) is 0 Å². The number of nitrogens with two attached hydrogens (primary N) is 1. The van der Waals surface area contributed by atoms with Gasteiger partial charge < -0.3 is 15.8 Å². The SMILES string of the molecule is CCO[C@@H]1C[C@H](Nc2ccc(C(N)=O)nn2)C12CCCCC2. The molecule has 2 fully saturated rings. The fraction of sp³-hybridized carbons (Fsp3) is 0.688. The number of hydrogen-bond donors (Lipinski definition) is 2. The summed E-state index contributed by atoms with van der Waals surface area (Å²) in [5.74, 6) is 0.151. The van der Waals surface area contributed by atoms with Crippen LogP contribution in [0.1, 0.15) is 55.9 Å². The van der Waals surface area contributed by atoms with Gasteiger partial charge in [0.25, 0.3) is 5.91 Å². The van der Waals surface area contributed by atoms with Crippen molar-refractivity contribution in [3.05, 3.63) is 17.8 Å². The molecular formula is C16H24N4O2. The van der Waals surface area contributed by atoms with Gasteiger partial charge in [-0.15, -0.1) is 10.2 Å². The molecule has 2 aliphatic carbocycles. The Labute approximate surface area is 130 Å². The quantitative estimate of drug-likeness (QED) is 0.869. The third kappa shape index (κ3) is 2.67. The lowest BCUT2D eigenvalue weighted by molar-refractivity contribution is -0.134. The first-order chi connectivity index (χ1) is 10.7. The summed E-state index contributed by atoms with van der Waals surface area (Å²) in [6, 6.07) is 3.76. The van der Waals surface area contributed by atoms with Crippen LogP contribution in [0, 0.1) is 5.41 Å². The first-order valence-corrected chi connectivity index (χ1v) is 8.17. The highest BCUT2D eigenvalue weighted by atomic mass is 16.5. The molecule has 0 aromatic carbocycles. The summed E-state index contributed by atoms with van der Waals surface area (Å²) < 4.78 is 5.95. The van der Waals surface area contributed by atoms with Gasteiger partial charge in [-0.3, -0.25) is 4.79 Å². The summed E-state index contributed by atoms with van der Waals surface area (Å²) in [4.78, 5) is 11.0. The van der Waals surface area contributed by atoms with E-state index in [0.29, 0.717) is 18.0 Å². The van der Waals surface area contributed by atoms with Crippen molar-refractivity contribution in [3.8, 4) is 0 Å². The van der Waals surface area contributed by atoms with Crippen molar-refractivity contribution in [2.75, 3.05) is 11.9 Å². The van der Waals surface area contributed by atoms with Crippen LogP contribution < -0.4 is 11.1 Å². The minimum atomic E-state index is -0.553. The van der Waals surface area contributed by atoms with E-state index in [1.807, 2.05) is 0 Å². The molecule has 2 saturated carbocycles. The lowest BCUT2D eigenvalue weighted by Crippen LogP contribution is -2.62. The second kappa shape index (κ2) is 6.20. The smallest absolute Gasteiger partial charge is 0.269 e. The van der Waals surface area contributed by atoms with Crippen LogP contribution in [0.15, 0.2) is 12.1 Å². The van der Waals surface area contributed by atoms with E-state index in [1.165, 1.54) is 32.1 Å². The number of nitrogens with one attached hydrogen (secondary N) is 1. The largest absolute Gasteiger partial charge is 0.378 e. The number of amides is 1. The summed E-state index contributed by atoms with van der Waals surface area (Å²) in [6.45, 7) is 2.83.